The average molecular weight is 271 g/mol. The summed E-state index contributed by atoms with van der Waals surface area (Å²) in [6, 6.07) is 12.2. The molecule has 1 aromatic heterocycles. The molecule has 1 aromatic carbocycles. The number of aromatic nitrogens is 1. The first-order valence-electron chi connectivity index (χ1n) is 6.12. The molecule has 0 aliphatic carbocycles. The molecule has 4 N–H and O–H groups in total. The summed E-state index contributed by atoms with van der Waals surface area (Å²) in [7, 11) is 3.88. The molecule has 0 bridgehead atoms. The van der Waals surface area contributed by atoms with E-state index in [-0.39, 0.29) is 6.03 Å². The van der Waals surface area contributed by atoms with E-state index in [1.54, 1.807) is 18.2 Å². The Hall–Kier alpha value is -2.76. The van der Waals surface area contributed by atoms with Gasteiger partial charge < -0.3 is 16.0 Å². The zero-order chi connectivity index (χ0) is 14.5. The minimum absolute atomic E-state index is 0.359. The Morgan fingerprint density at radius 1 is 1.15 bits per heavy atom. The number of carbonyl (C=O) groups excluding carboxylic acids is 1. The van der Waals surface area contributed by atoms with Gasteiger partial charge in [-0.25, -0.2) is 9.78 Å². The van der Waals surface area contributed by atoms with Crippen LogP contribution >= 0.6 is 0 Å². The molecule has 2 amide bonds. The van der Waals surface area contributed by atoms with Gasteiger partial charge in [0.25, 0.3) is 0 Å². The third-order valence-electron chi connectivity index (χ3n) is 2.63. The van der Waals surface area contributed by atoms with Crippen LogP contribution in [0.25, 0.3) is 0 Å². The summed E-state index contributed by atoms with van der Waals surface area (Å²) in [5.41, 5.74) is 7.26. The van der Waals surface area contributed by atoms with Crippen LogP contribution in [0, 0.1) is 0 Å². The van der Waals surface area contributed by atoms with Crippen molar-refractivity contribution >= 4 is 29.0 Å². The van der Waals surface area contributed by atoms with Crippen LogP contribution < -0.4 is 21.3 Å². The predicted octanol–water partition coefficient (Wildman–Crippen LogP) is 2.37. The minimum Gasteiger partial charge on any atom is -0.384 e. The van der Waals surface area contributed by atoms with Gasteiger partial charge in [0, 0.05) is 25.5 Å². The van der Waals surface area contributed by atoms with Crippen LogP contribution in [0.4, 0.5) is 27.8 Å². The van der Waals surface area contributed by atoms with E-state index < -0.39 is 0 Å². The number of urea groups is 1. The van der Waals surface area contributed by atoms with Crippen LogP contribution in [-0.4, -0.2) is 25.1 Å². The number of hydrogen-bond acceptors (Lipinski definition) is 4. The van der Waals surface area contributed by atoms with Crippen molar-refractivity contribution in [2.75, 3.05) is 35.4 Å². The second-order valence-electron chi connectivity index (χ2n) is 4.47. The maximum absolute atomic E-state index is 11.9. The smallest absolute Gasteiger partial charge is 0.324 e. The number of nitrogens with two attached hydrogens (primary N) is 1. The molecule has 104 valence electrons. The lowest BCUT2D eigenvalue weighted by molar-refractivity contribution is 0.262. The monoisotopic (exact) mass is 271 g/mol. The second-order valence-corrected chi connectivity index (χ2v) is 4.47. The molecule has 0 aliphatic rings. The number of amides is 2. The lowest BCUT2D eigenvalue weighted by Crippen LogP contribution is -2.20. The molecule has 2 rings (SSSR count). The Morgan fingerprint density at radius 3 is 2.60 bits per heavy atom. The maximum Gasteiger partial charge on any atom is 0.324 e. The maximum atomic E-state index is 11.9. The molecule has 6 heteroatoms. The lowest BCUT2D eigenvalue weighted by atomic mass is 10.2. The molecule has 0 unspecified atom stereocenters. The standard InChI is InChI=1S/C14H17N5O/c1-19(2)11-6-3-5-10(9-11)16-14(20)18-13-8-4-7-12(15)17-13/h3-9H,1-2H3,(H4,15,16,17,18,20). The van der Waals surface area contributed by atoms with E-state index in [0.29, 0.717) is 17.3 Å². The first-order valence-corrected chi connectivity index (χ1v) is 6.12. The van der Waals surface area contributed by atoms with Crippen LogP contribution in [-0.2, 0) is 0 Å². The van der Waals surface area contributed by atoms with E-state index in [2.05, 4.69) is 15.6 Å². The molecule has 0 saturated heterocycles. The number of pyridine rings is 1. The number of rotatable bonds is 3. The molecule has 0 saturated carbocycles. The highest BCUT2D eigenvalue weighted by Crippen LogP contribution is 2.17. The van der Waals surface area contributed by atoms with Crippen molar-refractivity contribution in [3.63, 3.8) is 0 Å². The fourth-order valence-electron chi connectivity index (χ4n) is 1.66. The fraction of sp³-hybridized carbons (Fsp3) is 0.143. The number of anilines is 4. The summed E-state index contributed by atoms with van der Waals surface area (Å²) in [5, 5.41) is 5.37. The Morgan fingerprint density at radius 2 is 1.90 bits per heavy atom. The molecular formula is C14H17N5O. The van der Waals surface area contributed by atoms with Crippen LogP contribution in [0.3, 0.4) is 0 Å². The van der Waals surface area contributed by atoms with Crippen LogP contribution in [0.1, 0.15) is 0 Å². The molecule has 6 nitrogen and oxygen atoms in total. The molecule has 2 aromatic rings. The lowest BCUT2D eigenvalue weighted by Gasteiger charge is -2.14. The summed E-state index contributed by atoms with van der Waals surface area (Å²) in [5.74, 6) is 0.767. The van der Waals surface area contributed by atoms with Gasteiger partial charge in [0.1, 0.15) is 11.6 Å². The largest absolute Gasteiger partial charge is 0.384 e. The molecule has 1 heterocycles. The van der Waals surface area contributed by atoms with E-state index in [4.69, 9.17) is 5.73 Å². The Balaban J connectivity index is 2.03. The predicted molar refractivity (Wildman–Crippen MR) is 82.1 cm³/mol. The number of nitrogens with zero attached hydrogens (tertiary/aromatic N) is 2. The third kappa shape index (κ3) is 3.61. The zero-order valence-electron chi connectivity index (χ0n) is 11.4. The number of carbonyl (C=O) groups is 1. The fourth-order valence-corrected chi connectivity index (χ4v) is 1.66. The molecular weight excluding hydrogens is 254 g/mol. The van der Waals surface area contributed by atoms with Gasteiger partial charge in [-0.05, 0) is 30.3 Å². The Labute approximate surface area is 117 Å². The summed E-state index contributed by atoms with van der Waals surface area (Å²) in [6.07, 6.45) is 0. The highest BCUT2D eigenvalue weighted by Gasteiger charge is 2.04. The van der Waals surface area contributed by atoms with Crippen LogP contribution in [0.2, 0.25) is 0 Å². The topological polar surface area (TPSA) is 83.3 Å². The van der Waals surface area contributed by atoms with Gasteiger partial charge in [0.15, 0.2) is 0 Å². The highest BCUT2D eigenvalue weighted by molar-refractivity contribution is 5.99. The first-order chi connectivity index (χ1) is 9.54. The van der Waals surface area contributed by atoms with Gasteiger partial charge in [0.05, 0.1) is 0 Å². The molecule has 0 atom stereocenters. The Kier molecular flexibility index (Phi) is 4.05. The van der Waals surface area contributed by atoms with Crippen molar-refractivity contribution in [2.24, 2.45) is 0 Å². The molecule has 20 heavy (non-hydrogen) atoms. The van der Waals surface area contributed by atoms with Crippen LogP contribution in [0.15, 0.2) is 42.5 Å². The molecule has 0 radical (unpaired) electrons. The van der Waals surface area contributed by atoms with Gasteiger partial charge in [-0.15, -0.1) is 0 Å². The van der Waals surface area contributed by atoms with E-state index in [1.807, 2.05) is 43.3 Å². The normalized spacial score (nSPS) is 9.90. The average Bonchev–Trinajstić information content (AvgIpc) is 2.38. The van der Waals surface area contributed by atoms with Crippen molar-refractivity contribution in [3.05, 3.63) is 42.5 Å². The van der Waals surface area contributed by atoms with Crippen molar-refractivity contribution in [2.45, 2.75) is 0 Å². The number of benzene rings is 1. The third-order valence-corrected chi connectivity index (χ3v) is 2.63. The van der Waals surface area contributed by atoms with E-state index in [0.717, 1.165) is 5.69 Å². The minimum atomic E-state index is -0.362. The van der Waals surface area contributed by atoms with E-state index in [9.17, 15) is 4.79 Å². The van der Waals surface area contributed by atoms with Crippen molar-refractivity contribution < 1.29 is 4.79 Å². The quantitative estimate of drug-likeness (QED) is 0.800. The first kappa shape index (κ1) is 13.7. The summed E-state index contributed by atoms with van der Waals surface area (Å²) < 4.78 is 0. The molecule has 0 aliphatic heterocycles. The van der Waals surface area contributed by atoms with Crippen molar-refractivity contribution in [1.29, 1.82) is 0 Å². The zero-order valence-corrected chi connectivity index (χ0v) is 11.4. The summed E-state index contributed by atoms with van der Waals surface area (Å²) in [6.45, 7) is 0. The highest BCUT2D eigenvalue weighted by atomic mass is 16.2. The van der Waals surface area contributed by atoms with Gasteiger partial charge >= 0.3 is 6.03 Å². The SMILES string of the molecule is CN(C)c1cccc(NC(=O)Nc2cccc(N)n2)c1. The number of nitrogens with one attached hydrogen (secondary N) is 2. The Bertz CT molecular complexity index is 612. The second kappa shape index (κ2) is 5.92. The van der Waals surface area contributed by atoms with Crippen molar-refractivity contribution in [1.82, 2.24) is 4.98 Å². The van der Waals surface area contributed by atoms with Crippen molar-refractivity contribution in [3.8, 4) is 0 Å². The number of nitrogen functional groups attached to an aromatic ring is 1. The van der Waals surface area contributed by atoms with Gasteiger partial charge in [-0.3, -0.25) is 5.32 Å². The van der Waals surface area contributed by atoms with E-state index in [1.165, 1.54) is 0 Å². The number of hydrogen-bond donors (Lipinski definition) is 3. The van der Waals surface area contributed by atoms with E-state index >= 15 is 0 Å². The molecule has 0 fully saturated rings. The van der Waals surface area contributed by atoms with Gasteiger partial charge in [0.2, 0.25) is 0 Å². The van der Waals surface area contributed by atoms with Gasteiger partial charge in [-0.2, -0.15) is 0 Å². The summed E-state index contributed by atoms with van der Waals surface area (Å²) >= 11 is 0. The van der Waals surface area contributed by atoms with Gasteiger partial charge in [-0.1, -0.05) is 12.1 Å². The summed E-state index contributed by atoms with van der Waals surface area (Å²) in [4.78, 5) is 17.8. The van der Waals surface area contributed by atoms with Crippen LogP contribution in [0.5, 0.6) is 0 Å². The molecule has 0 spiro atoms.